The lowest BCUT2D eigenvalue weighted by Gasteiger charge is -2.22. The first-order valence-corrected chi connectivity index (χ1v) is 50.7. The molecule has 0 unspecified atom stereocenters. The molecule has 0 saturated carbocycles. The number of benzene rings is 12. The lowest BCUT2D eigenvalue weighted by Crippen LogP contribution is -2.27. The van der Waals surface area contributed by atoms with E-state index in [9.17, 15) is 86.4 Å². The van der Waals surface area contributed by atoms with Gasteiger partial charge in [-0.15, -0.1) is 0 Å². The van der Waals surface area contributed by atoms with Gasteiger partial charge < -0.3 is 33.2 Å². The van der Waals surface area contributed by atoms with E-state index in [0.29, 0.717) is 107 Å². The van der Waals surface area contributed by atoms with Gasteiger partial charge in [-0.25, -0.2) is 13.2 Å². The Morgan fingerprint density at radius 1 is 0.333 bits per heavy atom. The molecule has 147 heavy (non-hydrogen) atoms. The quantitative estimate of drug-likeness (QED) is 0.0134. The maximum Gasteiger partial charge on any atom is 0.418 e. The van der Waals surface area contributed by atoms with Crippen molar-refractivity contribution >= 4 is 114 Å². The second-order valence-corrected chi connectivity index (χ2v) is 36.8. The summed E-state index contributed by atoms with van der Waals surface area (Å²) in [4.78, 5) is 70.7. The van der Waals surface area contributed by atoms with Crippen LogP contribution in [0.2, 0.25) is 5.02 Å². The zero-order valence-corrected chi connectivity index (χ0v) is 89.3. The van der Waals surface area contributed by atoms with E-state index in [2.05, 4.69) is 19.9 Å². The zero-order chi connectivity index (χ0) is 109. The number of para-hydroxylation sites is 3. The maximum atomic E-state index is 13.5. The SMILES string of the molecule is CCC(=O)N(O)c1ccc(C(C)C)cc1COc1ccc(C)cc1C.CCC(=O)N(O)c1ccc(Cl)cc1COc1ccc(C)cc1C.CCC(=O)N(O)c1ccc(F)cc1COc1ccc(C)cc1C.CCOc1cccc(COc2ccc(C)cc2C)c1N(O)C(=O)SC.CSC(=O)N(O)c1c(COc2ccc(C)cc2C)cccc1C(F)(F)F.CSC(=O)N(O)c1c(COc2ccc(C)cc2C)cccc1C(F)F. The van der Waals surface area contributed by atoms with E-state index in [4.69, 9.17) is 44.8 Å². The normalized spacial score (nSPS) is 10.7. The van der Waals surface area contributed by atoms with Crippen LogP contribution in [0.15, 0.2) is 218 Å². The number of anilines is 6. The molecule has 12 aromatic carbocycles. The maximum absolute atomic E-state index is 13.5. The number of hydroxylamine groups is 6. The summed E-state index contributed by atoms with van der Waals surface area (Å²) in [6.45, 7) is 35.5. The third kappa shape index (κ3) is 35.5. The van der Waals surface area contributed by atoms with Crippen LogP contribution in [-0.2, 0) is 60.2 Å². The Kier molecular flexibility index (Phi) is 47.9. The molecule has 0 fully saturated rings. The van der Waals surface area contributed by atoms with Crippen LogP contribution in [0.25, 0.3) is 0 Å². The lowest BCUT2D eigenvalue weighted by molar-refractivity contribution is -0.137. The van der Waals surface area contributed by atoms with Gasteiger partial charge >= 0.3 is 21.9 Å². The van der Waals surface area contributed by atoms with Gasteiger partial charge in [-0.2, -0.15) is 43.6 Å². The number of amides is 6. The summed E-state index contributed by atoms with van der Waals surface area (Å²) < 4.78 is 120. The number of carbonyl (C=O) groups is 6. The van der Waals surface area contributed by atoms with Crippen molar-refractivity contribution in [3.05, 3.63) is 346 Å². The minimum atomic E-state index is -4.73. The Balaban J connectivity index is 0.000000239. The largest absolute Gasteiger partial charge is 0.492 e. The van der Waals surface area contributed by atoms with Gasteiger partial charge in [-0.3, -0.25) is 60.0 Å². The number of ether oxygens (including phenoxy) is 7. The molecule has 6 N–H and O–H groups in total. The van der Waals surface area contributed by atoms with Gasteiger partial charge in [0.2, 0.25) is 17.7 Å². The van der Waals surface area contributed by atoms with Gasteiger partial charge in [0.1, 0.15) is 91.4 Å². The first-order chi connectivity index (χ1) is 69.6. The molecular formula is C112H127ClF6N6O19S3. The molecule has 0 aliphatic carbocycles. The first-order valence-electron chi connectivity index (χ1n) is 46.6. The molecule has 0 radical (unpaired) electrons. The molecule has 35 heteroatoms. The Labute approximate surface area is 872 Å². The highest BCUT2D eigenvalue weighted by atomic mass is 35.5. The predicted octanol–water partition coefficient (Wildman–Crippen LogP) is 30.0. The fourth-order valence-corrected chi connectivity index (χ4v) is 15.7. The third-order valence-electron chi connectivity index (χ3n) is 22.3. The van der Waals surface area contributed by atoms with Crippen molar-refractivity contribution in [3.63, 3.8) is 0 Å². The molecule has 0 saturated heterocycles. The number of rotatable bonds is 31. The van der Waals surface area contributed by atoms with Crippen molar-refractivity contribution in [2.45, 2.75) is 202 Å². The summed E-state index contributed by atoms with van der Waals surface area (Å²) >= 11 is 8.28. The van der Waals surface area contributed by atoms with Crippen molar-refractivity contribution in [1.82, 2.24) is 0 Å². The number of hydrogen-bond acceptors (Lipinski definition) is 22. The lowest BCUT2D eigenvalue weighted by atomic mass is 9.99. The van der Waals surface area contributed by atoms with Gasteiger partial charge in [0, 0.05) is 63.2 Å². The standard InChI is InChI=1S/C21H27NO3.C19H23NO4S.C18H20ClNO3.C18H18F3NO3S.C18H19F2NO3S.C18H20FNO3/c1-6-21(23)22(24)19-9-8-17(14(2)3)12-18(19)13-25-20-10-7-15(4)11-16(20)5;1-5-23-17-8-6-7-15(18(17)20(22)19(21)25-4)12-24-16-10-9-13(2)11-14(16)3;1-4-18(21)20(22)16-7-6-15(19)10-14(16)11-23-17-8-5-12(2)9-13(17)3;1-11-7-8-15(12(2)9-11)25-10-13-5-4-6-14(18(19,20)21)16(13)22(24)17(23)26-3;1-11-7-8-15(12(2)9-11)24-10-13-5-4-6-14(17(19)20)16(13)21(23)18(22)25-3;1-4-18(21)20(22)16-7-6-15(19)10-14(16)11-23-17-8-5-12(2)9-13(17)3/h7-12,14,24H,6,13H2,1-5H3;6-11,22H,5,12H2,1-4H3;5-10,22H,4,11H2,1-3H3;4-9,24H,10H2,1-3H3;4-9,17,23H,10H2,1-3H3;5-10,22H,4,11H2,1-3H3. The minimum Gasteiger partial charge on any atom is -0.492 e. The molecule has 25 nitrogen and oxygen atoms in total. The molecule has 12 aromatic rings. The molecule has 0 aromatic heterocycles. The van der Waals surface area contributed by atoms with E-state index in [1.54, 1.807) is 81.6 Å². The van der Waals surface area contributed by atoms with E-state index in [1.165, 1.54) is 60.5 Å². The molecule has 0 heterocycles. The number of alkyl halides is 5. The van der Waals surface area contributed by atoms with Gasteiger partial charge in [0.05, 0.1) is 40.6 Å². The van der Waals surface area contributed by atoms with E-state index in [-0.39, 0.29) is 97.8 Å². The van der Waals surface area contributed by atoms with Crippen LogP contribution in [0, 0.1) is 88.9 Å². The van der Waals surface area contributed by atoms with E-state index in [0.717, 1.165) is 124 Å². The highest BCUT2D eigenvalue weighted by molar-refractivity contribution is 8.13. The molecule has 0 aliphatic rings. The highest BCUT2D eigenvalue weighted by Gasteiger charge is 2.38. The van der Waals surface area contributed by atoms with Gasteiger partial charge in [-0.05, 0) is 251 Å². The first kappa shape index (κ1) is 121. The van der Waals surface area contributed by atoms with E-state index >= 15 is 0 Å². The minimum absolute atomic E-state index is 0.0220. The Morgan fingerprint density at radius 3 is 0.946 bits per heavy atom. The number of halogens is 7. The highest BCUT2D eigenvalue weighted by Crippen LogP contribution is 2.42. The summed E-state index contributed by atoms with van der Waals surface area (Å²) in [5.74, 6) is 3.26. The van der Waals surface area contributed by atoms with E-state index in [1.807, 2.05) is 199 Å². The summed E-state index contributed by atoms with van der Waals surface area (Å²) in [7, 11) is 0. The fourth-order valence-electron chi connectivity index (χ4n) is 14.7. The fraction of sp³-hybridized carbons (Fsp3) is 0.304. The number of thioether (sulfide) groups is 3. The number of aryl methyl sites for hydroxylation is 12. The van der Waals surface area contributed by atoms with E-state index < -0.39 is 56.9 Å². The molecule has 0 atom stereocenters. The number of carbonyl (C=O) groups excluding carboxylic acids is 6. The molecule has 12 rings (SSSR count). The van der Waals surface area contributed by atoms with Gasteiger partial charge in [0.15, 0.2) is 0 Å². The average molecular weight is 2110 g/mol. The molecule has 0 spiro atoms. The average Bonchev–Trinajstić information content (AvgIpc) is 0.787. The van der Waals surface area contributed by atoms with Gasteiger partial charge in [-0.1, -0.05) is 236 Å². The molecule has 0 bridgehead atoms. The van der Waals surface area contributed by atoms with Crippen molar-refractivity contribution < 1.29 is 120 Å². The molecule has 786 valence electrons. The van der Waals surface area contributed by atoms with Crippen LogP contribution in [0.4, 0.5) is 74.9 Å². The number of nitrogens with zero attached hydrogens (tertiary/aromatic N) is 6. The van der Waals surface area contributed by atoms with Crippen molar-refractivity contribution in [2.75, 3.05) is 55.8 Å². The zero-order valence-electron chi connectivity index (χ0n) is 86.1. The van der Waals surface area contributed by atoms with Crippen LogP contribution in [0.5, 0.6) is 40.2 Å². The third-order valence-corrected chi connectivity index (χ3v) is 24.1. The predicted molar refractivity (Wildman–Crippen MR) is 569 cm³/mol. The van der Waals surface area contributed by atoms with Crippen molar-refractivity contribution in [1.29, 1.82) is 0 Å². The van der Waals surface area contributed by atoms with Crippen LogP contribution in [-0.4, -0.2) is 90.1 Å². The van der Waals surface area contributed by atoms with Crippen molar-refractivity contribution in [3.8, 4) is 40.2 Å². The monoisotopic (exact) mass is 2100 g/mol. The molecule has 6 amide bonds. The second-order valence-electron chi connectivity index (χ2n) is 34.1. The summed E-state index contributed by atoms with van der Waals surface area (Å²) in [5, 5.41) is 61.7. The summed E-state index contributed by atoms with van der Waals surface area (Å²) in [6, 6.07) is 62.1. The van der Waals surface area contributed by atoms with Crippen molar-refractivity contribution in [2.24, 2.45) is 0 Å². The molecular weight excluding hydrogens is 1980 g/mol. The Bertz CT molecular complexity index is 6320. The van der Waals surface area contributed by atoms with Crippen LogP contribution in [0.3, 0.4) is 0 Å². The second kappa shape index (κ2) is 58.3. The number of hydrogen-bond donors (Lipinski definition) is 6. The Morgan fingerprint density at radius 2 is 0.626 bits per heavy atom. The summed E-state index contributed by atoms with van der Waals surface area (Å²) in [6.07, 6.45) is -2.54. The summed E-state index contributed by atoms with van der Waals surface area (Å²) in [5.41, 5.74) is 15.5. The van der Waals surface area contributed by atoms with Crippen LogP contribution in [0.1, 0.15) is 190 Å². The van der Waals surface area contributed by atoms with Crippen LogP contribution < -0.4 is 63.5 Å². The topological polar surface area (TPSA) is 308 Å². The Hall–Kier alpha value is -13.3. The smallest absolute Gasteiger partial charge is 0.418 e. The molecule has 0 aliphatic heterocycles. The van der Waals surface area contributed by atoms with Gasteiger partial charge in [0.25, 0.3) is 6.43 Å². The van der Waals surface area contributed by atoms with Crippen LogP contribution >= 0.6 is 46.9 Å².